The molecular formula is C27H33NO. The van der Waals surface area contributed by atoms with Crippen LogP contribution in [0.2, 0.25) is 0 Å². The molecule has 0 unspecified atom stereocenters. The predicted molar refractivity (Wildman–Crippen MR) is 124 cm³/mol. The standard InChI is InChI=1S/C27H33NO/c1-5-26(23-10-8-6-7-9-11-23)24-15-12-20(2)27(19-24)28-21(3)18-22-13-16-25(29-4)17-14-22/h12-17,19,23H,1,6-11,18H2,2-4H3. The maximum Gasteiger partial charge on any atom is 0.118 e. The molecule has 0 aliphatic heterocycles. The minimum absolute atomic E-state index is 0.579. The van der Waals surface area contributed by atoms with E-state index in [0.717, 1.165) is 23.6 Å². The lowest BCUT2D eigenvalue weighted by atomic mass is 9.87. The maximum atomic E-state index is 5.25. The summed E-state index contributed by atoms with van der Waals surface area (Å²) in [6, 6.07) is 14.8. The van der Waals surface area contributed by atoms with Crippen molar-refractivity contribution in [1.29, 1.82) is 0 Å². The monoisotopic (exact) mass is 387 g/mol. The van der Waals surface area contributed by atoms with Crippen LogP contribution in [0.4, 0.5) is 5.69 Å². The molecule has 2 nitrogen and oxygen atoms in total. The second kappa shape index (κ2) is 10.3. The van der Waals surface area contributed by atoms with Gasteiger partial charge in [0, 0.05) is 17.7 Å². The molecule has 0 atom stereocenters. The van der Waals surface area contributed by atoms with Crippen molar-refractivity contribution in [2.45, 2.75) is 58.8 Å². The number of ether oxygens (including phenoxy) is 1. The Hall–Kier alpha value is -2.57. The molecule has 0 radical (unpaired) electrons. The van der Waals surface area contributed by atoms with E-state index in [9.17, 15) is 0 Å². The van der Waals surface area contributed by atoms with Crippen molar-refractivity contribution in [2.75, 3.05) is 7.11 Å². The van der Waals surface area contributed by atoms with Gasteiger partial charge in [0.15, 0.2) is 0 Å². The molecular weight excluding hydrogens is 354 g/mol. The van der Waals surface area contributed by atoms with Crippen LogP contribution in [0.5, 0.6) is 5.75 Å². The Labute approximate surface area is 176 Å². The van der Waals surface area contributed by atoms with E-state index in [1.807, 2.05) is 12.1 Å². The van der Waals surface area contributed by atoms with Crippen molar-refractivity contribution >= 4 is 17.0 Å². The maximum absolute atomic E-state index is 5.25. The lowest BCUT2D eigenvalue weighted by Gasteiger charge is -2.18. The van der Waals surface area contributed by atoms with E-state index in [1.54, 1.807) is 7.11 Å². The zero-order valence-electron chi connectivity index (χ0n) is 18.1. The molecule has 0 N–H and O–H groups in total. The third-order valence-electron chi connectivity index (χ3n) is 5.90. The molecule has 29 heavy (non-hydrogen) atoms. The summed E-state index contributed by atoms with van der Waals surface area (Å²) in [5.74, 6) is 1.46. The first-order chi connectivity index (χ1) is 14.1. The minimum atomic E-state index is 0.579. The summed E-state index contributed by atoms with van der Waals surface area (Å²) in [4.78, 5) is 4.96. The molecule has 1 saturated carbocycles. The molecule has 152 valence electrons. The molecule has 0 spiro atoms. The minimum Gasteiger partial charge on any atom is -0.497 e. The van der Waals surface area contributed by atoms with Crippen LogP contribution in [0.1, 0.15) is 62.1 Å². The Morgan fingerprint density at radius 3 is 2.38 bits per heavy atom. The molecule has 2 aromatic carbocycles. The van der Waals surface area contributed by atoms with Gasteiger partial charge in [-0.15, -0.1) is 5.73 Å². The van der Waals surface area contributed by atoms with Crippen LogP contribution >= 0.6 is 0 Å². The Bertz CT molecular complexity index is 893. The summed E-state index contributed by atoms with van der Waals surface area (Å²) in [7, 11) is 1.69. The summed E-state index contributed by atoms with van der Waals surface area (Å²) in [5, 5.41) is 0. The van der Waals surface area contributed by atoms with Gasteiger partial charge in [0.1, 0.15) is 5.75 Å². The fourth-order valence-electron chi connectivity index (χ4n) is 4.23. The van der Waals surface area contributed by atoms with E-state index in [4.69, 9.17) is 9.73 Å². The van der Waals surface area contributed by atoms with Crippen molar-refractivity contribution in [3.05, 3.63) is 71.5 Å². The first kappa shape index (κ1) is 21.1. The normalized spacial score (nSPS) is 15.5. The molecule has 1 fully saturated rings. The molecule has 0 bridgehead atoms. The van der Waals surface area contributed by atoms with E-state index in [0.29, 0.717) is 5.92 Å². The Kier molecular flexibility index (Phi) is 7.49. The van der Waals surface area contributed by atoms with Crippen molar-refractivity contribution in [3.8, 4) is 5.75 Å². The van der Waals surface area contributed by atoms with Crippen LogP contribution in [0.25, 0.3) is 5.57 Å². The van der Waals surface area contributed by atoms with Gasteiger partial charge in [0.25, 0.3) is 0 Å². The van der Waals surface area contributed by atoms with E-state index >= 15 is 0 Å². The quantitative estimate of drug-likeness (QED) is 0.286. The topological polar surface area (TPSA) is 21.6 Å². The number of nitrogens with zero attached hydrogens (tertiary/aromatic N) is 1. The molecule has 0 aromatic heterocycles. The molecule has 1 aliphatic carbocycles. The zero-order chi connectivity index (χ0) is 20.6. The van der Waals surface area contributed by atoms with E-state index in [2.05, 4.69) is 56.5 Å². The second-order valence-corrected chi connectivity index (χ2v) is 8.15. The van der Waals surface area contributed by atoms with Crippen LogP contribution in [0.15, 0.2) is 59.8 Å². The third-order valence-corrected chi connectivity index (χ3v) is 5.90. The molecule has 0 heterocycles. The summed E-state index contributed by atoms with van der Waals surface area (Å²) >= 11 is 0. The second-order valence-electron chi connectivity index (χ2n) is 8.15. The molecule has 0 amide bonds. The Morgan fingerprint density at radius 1 is 1.07 bits per heavy atom. The highest BCUT2D eigenvalue weighted by atomic mass is 16.5. The number of hydrogen-bond donors (Lipinski definition) is 0. The van der Waals surface area contributed by atoms with Gasteiger partial charge >= 0.3 is 0 Å². The molecule has 2 aromatic rings. The van der Waals surface area contributed by atoms with E-state index in [-0.39, 0.29) is 0 Å². The van der Waals surface area contributed by atoms with Crippen molar-refractivity contribution < 1.29 is 4.74 Å². The summed E-state index contributed by atoms with van der Waals surface area (Å²) < 4.78 is 5.25. The van der Waals surface area contributed by atoms with Crippen molar-refractivity contribution in [2.24, 2.45) is 10.9 Å². The first-order valence-electron chi connectivity index (χ1n) is 10.8. The Balaban J connectivity index is 1.81. The van der Waals surface area contributed by atoms with Gasteiger partial charge in [0.05, 0.1) is 12.8 Å². The van der Waals surface area contributed by atoms with Crippen LogP contribution in [-0.4, -0.2) is 12.8 Å². The molecule has 3 rings (SSSR count). The number of allylic oxidation sites excluding steroid dienone is 1. The number of aliphatic imine (C=N–C) groups is 1. The zero-order valence-corrected chi connectivity index (χ0v) is 18.1. The lowest BCUT2D eigenvalue weighted by Crippen LogP contribution is -2.02. The van der Waals surface area contributed by atoms with Crippen molar-refractivity contribution in [3.63, 3.8) is 0 Å². The van der Waals surface area contributed by atoms with Crippen LogP contribution in [-0.2, 0) is 6.42 Å². The molecule has 1 aliphatic rings. The lowest BCUT2D eigenvalue weighted by molar-refractivity contribution is 0.414. The number of rotatable bonds is 6. The number of benzene rings is 2. The number of methoxy groups -OCH3 is 1. The molecule has 2 heteroatoms. The average molecular weight is 388 g/mol. The predicted octanol–water partition coefficient (Wildman–Crippen LogP) is 7.48. The fourth-order valence-corrected chi connectivity index (χ4v) is 4.23. The SMILES string of the molecule is C=C=C(c1ccc(C)c(N=C(C)Cc2ccc(OC)cc2)c1)C1CCCCCC1. The van der Waals surface area contributed by atoms with Gasteiger partial charge < -0.3 is 4.74 Å². The highest BCUT2D eigenvalue weighted by molar-refractivity contribution is 5.87. The van der Waals surface area contributed by atoms with Crippen LogP contribution in [0.3, 0.4) is 0 Å². The highest BCUT2D eigenvalue weighted by Crippen LogP contribution is 2.35. The van der Waals surface area contributed by atoms with Gasteiger partial charge in [-0.25, -0.2) is 0 Å². The van der Waals surface area contributed by atoms with Gasteiger partial charge in [-0.2, -0.15) is 0 Å². The largest absolute Gasteiger partial charge is 0.497 e. The third kappa shape index (κ3) is 5.71. The highest BCUT2D eigenvalue weighted by Gasteiger charge is 2.18. The Morgan fingerprint density at radius 2 is 1.76 bits per heavy atom. The van der Waals surface area contributed by atoms with Crippen LogP contribution < -0.4 is 4.74 Å². The smallest absolute Gasteiger partial charge is 0.118 e. The first-order valence-corrected chi connectivity index (χ1v) is 10.8. The van der Waals surface area contributed by atoms with Gasteiger partial charge in [0.2, 0.25) is 0 Å². The van der Waals surface area contributed by atoms with Gasteiger partial charge in [-0.05, 0) is 67.5 Å². The number of aryl methyl sites for hydroxylation is 1. The number of hydrogen-bond acceptors (Lipinski definition) is 2. The van der Waals surface area contributed by atoms with Crippen molar-refractivity contribution in [1.82, 2.24) is 0 Å². The average Bonchev–Trinajstić information content (AvgIpc) is 3.01. The van der Waals surface area contributed by atoms with E-state index < -0.39 is 0 Å². The van der Waals surface area contributed by atoms with E-state index in [1.165, 1.54) is 60.8 Å². The summed E-state index contributed by atoms with van der Waals surface area (Å²) in [6.45, 7) is 8.25. The van der Waals surface area contributed by atoms with Crippen LogP contribution in [0, 0.1) is 12.8 Å². The summed E-state index contributed by atoms with van der Waals surface area (Å²) in [5.41, 5.74) is 10.4. The molecule has 0 saturated heterocycles. The fraction of sp³-hybridized carbons (Fsp3) is 0.407. The summed E-state index contributed by atoms with van der Waals surface area (Å²) in [6.07, 6.45) is 8.67. The van der Waals surface area contributed by atoms with Gasteiger partial charge in [-0.1, -0.05) is 56.5 Å². The van der Waals surface area contributed by atoms with Gasteiger partial charge in [-0.3, -0.25) is 4.99 Å².